The van der Waals surface area contributed by atoms with E-state index in [4.69, 9.17) is 33.2 Å². The highest BCUT2D eigenvalue weighted by molar-refractivity contribution is 5.69. The zero-order valence-electron chi connectivity index (χ0n) is 20.8. The minimum Gasteiger partial charge on any atom is -0.463 e. The summed E-state index contributed by atoms with van der Waals surface area (Å²) in [5, 5.41) is 0. The van der Waals surface area contributed by atoms with Crippen molar-refractivity contribution in [3.05, 3.63) is 0 Å². The number of ether oxygens (including phenoxy) is 7. The van der Waals surface area contributed by atoms with Crippen LogP contribution in [0, 0.1) is 0 Å². The molecule has 0 aliphatic carbocycles. The van der Waals surface area contributed by atoms with Gasteiger partial charge in [0.25, 0.3) is 0 Å². The molecule has 0 fully saturated rings. The molecule has 0 radical (unpaired) electrons. The van der Waals surface area contributed by atoms with Gasteiger partial charge in [-0.3, -0.25) is 9.59 Å². The summed E-state index contributed by atoms with van der Waals surface area (Å²) >= 11 is 0. The molecule has 0 rings (SSSR count). The maximum atomic E-state index is 11.6. The SMILES string of the molecule is CCCCCCCCCC(=O)OCCOCCOCCOCCOCCOCCOC(C)=O. The first-order chi connectivity index (χ1) is 16.2. The molecule has 0 aromatic heterocycles. The van der Waals surface area contributed by atoms with Crippen molar-refractivity contribution < 1.29 is 42.7 Å². The molecule has 0 aliphatic rings. The monoisotopic (exact) mass is 478 g/mol. The maximum Gasteiger partial charge on any atom is 0.305 e. The molecule has 196 valence electrons. The molecular formula is C24H46O9. The number of carbonyl (C=O) groups excluding carboxylic acids is 2. The van der Waals surface area contributed by atoms with E-state index < -0.39 is 0 Å². The van der Waals surface area contributed by atoms with E-state index in [9.17, 15) is 9.59 Å². The smallest absolute Gasteiger partial charge is 0.305 e. The second-order valence-electron chi connectivity index (χ2n) is 7.49. The Morgan fingerprint density at radius 2 is 0.848 bits per heavy atom. The number of esters is 2. The molecule has 0 spiro atoms. The van der Waals surface area contributed by atoms with Crippen molar-refractivity contribution in [3.8, 4) is 0 Å². The molecule has 9 heteroatoms. The molecule has 0 N–H and O–H groups in total. The van der Waals surface area contributed by atoms with Crippen molar-refractivity contribution in [2.45, 2.75) is 65.2 Å². The number of unbranched alkanes of at least 4 members (excludes halogenated alkanes) is 6. The first kappa shape index (κ1) is 31.7. The molecule has 0 aromatic rings. The Kier molecular flexibility index (Phi) is 26.0. The summed E-state index contributed by atoms with van der Waals surface area (Å²) in [7, 11) is 0. The van der Waals surface area contributed by atoms with E-state index in [0.717, 1.165) is 12.8 Å². The number of hydrogen-bond donors (Lipinski definition) is 0. The molecule has 0 amide bonds. The van der Waals surface area contributed by atoms with E-state index in [2.05, 4.69) is 6.92 Å². The predicted octanol–water partition coefficient (Wildman–Crippen LogP) is 3.32. The van der Waals surface area contributed by atoms with Crippen molar-refractivity contribution in [3.63, 3.8) is 0 Å². The second kappa shape index (κ2) is 27.0. The fourth-order valence-electron chi connectivity index (χ4n) is 2.74. The highest BCUT2D eigenvalue weighted by Gasteiger charge is 2.02. The van der Waals surface area contributed by atoms with Crippen LogP contribution in [-0.2, 0) is 42.7 Å². The van der Waals surface area contributed by atoms with Crippen LogP contribution in [0.3, 0.4) is 0 Å². The standard InChI is InChI=1S/C24H46O9/c1-3-4-5-6-7-8-9-10-24(26)33-22-20-31-18-16-29-14-12-27-11-13-28-15-17-30-19-21-32-23(2)25/h3-22H2,1-2H3. The van der Waals surface area contributed by atoms with Gasteiger partial charge in [0, 0.05) is 13.3 Å². The van der Waals surface area contributed by atoms with Crippen LogP contribution < -0.4 is 0 Å². The molecular weight excluding hydrogens is 432 g/mol. The average Bonchev–Trinajstić information content (AvgIpc) is 2.79. The van der Waals surface area contributed by atoms with E-state index in [1.807, 2.05) is 0 Å². The van der Waals surface area contributed by atoms with Gasteiger partial charge in [0.15, 0.2) is 0 Å². The highest BCUT2D eigenvalue weighted by atomic mass is 16.6. The van der Waals surface area contributed by atoms with Crippen molar-refractivity contribution in [1.82, 2.24) is 0 Å². The molecule has 0 bridgehead atoms. The van der Waals surface area contributed by atoms with Gasteiger partial charge in [-0.05, 0) is 6.42 Å². The Balaban J connectivity index is 3.12. The summed E-state index contributed by atoms with van der Waals surface area (Å²) < 4.78 is 36.7. The lowest BCUT2D eigenvalue weighted by Gasteiger charge is -2.08. The Bertz CT molecular complexity index is 432. The van der Waals surface area contributed by atoms with Crippen LogP contribution in [-0.4, -0.2) is 91.2 Å². The lowest BCUT2D eigenvalue weighted by atomic mass is 10.1. The van der Waals surface area contributed by atoms with Gasteiger partial charge >= 0.3 is 11.9 Å². The molecule has 0 aromatic carbocycles. The van der Waals surface area contributed by atoms with Crippen LogP contribution >= 0.6 is 0 Å². The number of carbonyl (C=O) groups is 2. The topological polar surface area (TPSA) is 98.8 Å². The molecule has 33 heavy (non-hydrogen) atoms. The fourth-order valence-corrected chi connectivity index (χ4v) is 2.74. The summed E-state index contributed by atoms with van der Waals surface area (Å²) in [6.07, 6.45) is 8.81. The van der Waals surface area contributed by atoms with Crippen molar-refractivity contribution >= 4 is 11.9 Å². The van der Waals surface area contributed by atoms with Crippen molar-refractivity contribution in [2.75, 3.05) is 79.3 Å². The lowest BCUT2D eigenvalue weighted by molar-refractivity contribution is -0.145. The second-order valence-corrected chi connectivity index (χ2v) is 7.49. The predicted molar refractivity (Wildman–Crippen MR) is 124 cm³/mol. The van der Waals surface area contributed by atoms with Crippen molar-refractivity contribution in [2.24, 2.45) is 0 Å². The summed E-state index contributed by atoms with van der Waals surface area (Å²) in [5.41, 5.74) is 0. The average molecular weight is 479 g/mol. The van der Waals surface area contributed by atoms with Gasteiger partial charge in [-0.15, -0.1) is 0 Å². The van der Waals surface area contributed by atoms with Gasteiger partial charge in [-0.2, -0.15) is 0 Å². The van der Waals surface area contributed by atoms with E-state index in [-0.39, 0.29) is 25.2 Å². The van der Waals surface area contributed by atoms with Gasteiger partial charge in [0.2, 0.25) is 0 Å². The van der Waals surface area contributed by atoms with Crippen molar-refractivity contribution in [1.29, 1.82) is 0 Å². The van der Waals surface area contributed by atoms with E-state index in [0.29, 0.717) is 72.5 Å². The Hall–Kier alpha value is -1.26. The van der Waals surface area contributed by atoms with Gasteiger partial charge in [-0.1, -0.05) is 45.4 Å². The van der Waals surface area contributed by atoms with Gasteiger partial charge in [0.05, 0.1) is 66.1 Å². The van der Waals surface area contributed by atoms with Gasteiger partial charge < -0.3 is 33.2 Å². The minimum atomic E-state index is -0.310. The molecule has 0 unspecified atom stereocenters. The lowest BCUT2D eigenvalue weighted by Crippen LogP contribution is -2.15. The number of hydrogen-bond acceptors (Lipinski definition) is 9. The first-order valence-electron chi connectivity index (χ1n) is 12.3. The minimum absolute atomic E-state index is 0.142. The molecule has 0 saturated heterocycles. The summed E-state index contributed by atoms with van der Waals surface area (Å²) in [4.78, 5) is 22.2. The maximum absolute atomic E-state index is 11.6. The third kappa shape index (κ3) is 28.7. The first-order valence-corrected chi connectivity index (χ1v) is 12.3. The van der Waals surface area contributed by atoms with Gasteiger partial charge in [0.1, 0.15) is 13.2 Å². The Morgan fingerprint density at radius 1 is 0.485 bits per heavy atom. The third-order valence-corrected chi connectivity index (χ3v) is 4.50. The van der Waals surface area contributed by atoms with Crippen LogP contribution in [0.4, 0.5) is 0 Å². The zero-order valence-corrected chi connectivity index (χ0v) is 20.8. The molecule has 0 heterocycles. The Labute approximate surface area is 199 Å². The summed E-state index contributed by atoms with van der Waals surface area (Å²) in [5.74, 6) is -0.452. The largest absolute Gasteiger partial charge is 0.463 e. The van der Waals surface area contributed by atoms with Crippen LogP contribution in [0.2, 0.25) is 0 Å². The normalized spacial score (nSPS) is 11.0. The molecule has 9 nitrogen and oxygen atoms in total. The molecule has 0 saturated carbocycles. The van der Waals surface area contributed by atoms with E-state index >= 15 is 0 Å². The molecule has 0 atom stereocenters. The summed E-state index contributed by atoms with van der Waals surface area (Å²) in [6, 6.07) is 0. The third-order valence-electron chi connectivity index (χ3n) is 4.50. The zero-order chi connectivity index (χ0) is 24.2. The summed E-state index contributed by atoms with van der Waals surface area (Å²) in [6.45, 7) is 8.63. The number of rotatable bonds is 26. The van der Waals surface area contributed by atoms with Crippen LogP contribution in [0.15, 0.2) is 0 Å². The van der Waals surface area contributed by atoms with Crippen LogP contribution in [0.1, 0.15) is 65.2 Å². The van der Waals surface area contributed by atoms with E-state index in [1.165, 1.54) is 39.0 Å². The quantitative estimate of drug-likeness (QED) is 0.137. The fraction of sp³-hybridized carbons (Fsp3) is 0.917. The molecule has 0 aliphatic heterocycles. The van der Waals surface area contributed by atoms with Crippen LogP contribution in [0.25, 0.3) is 0 Å². The highest BCUT2D eigenvalue weighted by Crippen LogP contribution is 2.08. The van der Waals surface area contributed by atoms with Gasteiger partial charge in [-0.25, -0.2) is 0 Å². The van der Waals surface area contributed by atoms with Crippen LogP contribution in [0.5, 0.6) is 0 Å². The van der Waals surface area contributed by atoms with E-state index in [1.54, 1.807) is 0 Å². The Morgan fingerprint density at radius 3 is 1.27 bits per heavy atom.